The number of carbonyl (C=O) groups is 2. The number of carboxylic acid groups (broad SMARTS) is 1. The van der Waals surface area contributed by atoms with Gasteiger partial charge in [0.15, 0.2) is 0 Å². The van der Waals surface area contributed by atoms with E-state index >= 15 is 0 Å². The highest BCUT2D eigenvalue weighted by Gasteiger charge is 2.13. The van der Waals surface area contributed by atoms with Crippen LogP contribution in [0.5, 0.6) is 0 Å². The monoisotopic (exact) mass is 400 g/mol. The largest absolute Gasteiger partial charge is 0.478 e. The number of hydrogen-bond donors (Lipinski definition) is 3. The van der Waals surface area contributed by atoms with E-state index in [1.807, 2.05) is 22.6 Å². The first-order chi connectivity index (χ1) is 9.95. The second kappa shape index (κ2) is 6.53. The van der Waals surface area contributed by atoms with Gasteiger partial charge in [0.2, 0.25) is 0 Å². The van der Waals surface area contributed by atoms with Crippen LogP contribution >= 0.6 is 22.6 Å². The van der Waals surface area contributed by atoms with Gasteiger partial charge in [0.1, 0.15) is 5.82 Å². The molecular formula is C14H10FIN2O3. The first-order valence-corrected chi connectivity index (χ1v) is 6.90. The topological polar surface area (TPSA) is 78.4 Å². The second-order valence-corrected chi connectivity index (χ2v) is 5.33. The Hall–Kier alpha value is -2.16. The van der Waals surface area contributed by atoms with E-state index in [2.05, 4.69) is 10.6 Å². The molecule has 0 saturated heterocycles. The quantitative estimate of drug-likeness (QED) is 0.687. The van der Waals surface area contributed by atoms with Crippen LogP contribution in [-0.4, -0.2) is 17.1 Å². The van der Waals surface area contributed by atoms with Crippen molar-refractivity contribution in [3.8, 4) is 0 Å². The van der Waals surface area contributed by atoms with Crippen LogP contribution in [0.15, 0.2) is 42.5 Å². The second-order valence-electron chi connectivity index (χ2n) is 4.08. The van der Waals surface area contributed by atoms with Crippen LogP contribution in [0.25, 0.3) is 0 Å². The zero-order chi connectivity index (χ0) is 15.4. The van der Waals surface area contributed by atoms with Crippen LogP contribution in [0.4, 0.5) is 20.6 Å². The predicted molar refractivity (Wildman–Crippen MR) is 85.2 cm³/mol. The lowest BCUT2D eigenvalue weighted by molar-refractivity contribution is 0.0698. The number of carboxylic acids is 1. The molecule has 0 radical (unpaired) electrons. The highest BCUT2D eigenvalue weighted by molar-refractivity contribution is 14.1. The summed E-state index contributed by atoms with van der Waals surface area (Å²) in [4.78, 5) is 22.9. The smallest absolute Gasteiger partial charge is 0.337 e. The number of aromatic carboxylic acids is 1. The molecule has 2 rings (SSSR count). The van der Waals surface area contributed by atoms with E-state index < -0.39 is 17.8 Å². The third-order valence-corrected chi connectivity index (χ3v) is 3.21. The third kappa shape index (κ3) is 4.15. The molecule has 0 saturated carbocycles. The highest BCUT2D eigenvalue weighted by atomic mass is 127. The fourth-order valence-corrected chi connectivity index (χ4v) is 2.14. The van der Waals surface area contributed by atoms with Gasteiger partial charge in [-0.1, -0.05) is 6.07 Å². The maximum atomic E-state index is 13.0. The molecule has 0 aliphatic heterocycles. The maximum Gasteiger partial charge on any atom is 0.337 e. The summed E-state index contributed by atoms with van der Waals surface area (Å²) in [5.74, 6) is -1.62. The molecule has 0 aliphatic rings. The molecule has 2 aromatic carbocycles. The molecule has 7 heteroatoms. The molecule has 0 aliphatic carbocycles. The Labute approximate surface area is 133 Å². The minimum atomic E-state index is -1.14. The Morgan fingerprint density at radius 3 is 2.52 bits per heavy atom. The normalized spacial score (nSPS) is 10.0. The average Bonchev–Trinajstić information content (AvgIpc) is 2.40. The SMILES string of the molecule is O=C(Nc1cccc(F)c1)Nc1ccc(I)cc1C(=O)O. The van der Waals surface area contributed by atoms with Crippen molar-refractivity contribution in [2.45, 2.75) is 0 Å². The van der Waals surface area contributed by atoms with Crippen molar-refractivity contribution in [2.24, 2.45) is 0 Å². The van der Waals surface area contributed by atoms with Gasteiger partial charge in [0.25, 0.3) is 0 Å². The Morgan fingerprint density at radius 2 is 1.86 bits per heavy atom. The molecule has 0 aromatic heterocycles. The number of nitrogens with one attached hydrogen (secondary N) is 2. The Bertz CT molecular complexity index is 706. The lowest BCUT2D eigenvalue weighted by atomic mass is 10.2. The Kier molecular flexibility index (Phi) is 4.73. The van der Waals surface area contributed by atoms with Crippen LogP contribution < -0.4 is 10.6 Å². The molecule has 2 amide bonds. The van der Waals surface area contributed by atoms with E-state index in [9.17, 15) is 14.0 Å². The summed E-state index contributed by atoms with van der Waals surface area (Å²) >= 11 is 1.98. The van der Waals surface area contributed by atoms with Gasteiger partial charge in [-0.2, -0.15) is 0 Å². The number of anilines is 2. The molecule has 2 aromatic rings. The molecule has 3 N–H and O–H groups in total. The van der Waals surface area contributed by atoms with E-state index in [-0.39, 0.29) is 16.9 Å². The Morgan fingerprint density at radius 1 is 1.10 bits per heavy atom. The van der Waals surface area contributed by atoms with Crippen molar-refractivity contribution in [2.75, 3.05) is 10.6 Å². The van der Waals surface area contributed by atoms with E-state index in [0.717, 1.165) is 9.64 Å². The lowest BCUT2D eigenvalue weighted by Crippen LogP contribution is -2.21. The van der Waals surface area contributed by atoms with Gasteiger partial charge in [-0.15, -0.1) is 0 Å². The number of rotatable bonds is 3. The molecule has 21 heavy (non-hydrogen) atoms. The number of carbonyl (C=O) groups excluding carboxylic acids is 1. The first kappa shape index (κ1) is 15.2. The van der Waals surface area contributed by atoms with Crippen molar-refractivity contribution in [1.29, 1.82) is 0 Å². The van der Waals surface area contributed by atoms with E-state index in [1.165, 1.54) is 30.3 Å². The summed E-state index contributed by atoms with van der Waals surface area (Å²) in [6.07, 6.45) is 0. The average molecular weight is 400 g/mol. The van der Waals surface area contributed by atoms with Gasteiger partial charge >= 0.3 is 12.0 Å². The molecule has 0 spiro atoms. The molecule has 0 heterocycles. The number of amides is 2. The summed E-state index contributed by atoms with van der Waals surface area (Å²) in [6.45, 7) is 0. The van der Waals surface area contributed by atoms with Gasteiger partial charge in [0.05, 0.1) is 11.3 Å². The van der Waals surface area contributed by atoms with Crippen LogP contribution in [0.1, 0.15) is 10.4 Å². The van der Waals surface area contributed by atoms with Crippen molar-refractivity contribution < 1.29 is 19.1 Å². The summed E-state index contributed by atoms with van der Waals surface area (Å²) in [5, 5.41) is 14.0. The summed E-state index contributed by atoms with van der Waals surface area (Å²) in [6, 6.07) is 9.36. The zero-order valence-corrected chi connectivity index (χ0v) is 12.7. The molecule has 108 valence electrons. The van der Waals surface area contributed by atoms with Gasteiger partial charge in [0, 0.05) is 9.26 Å². The van der Waals surface area contributed by atoms with Gasteiger partial charge < -0.3 is 15.7 Å². The molecule has 0 fully saturated rings. The summed E-state index contributed by atoms with van der Waals surface area (Å²) in [5.41, 5.74) is 0.419. The minimum Gasteiger partial charge on any atom is -0.478 e. The molecule has 5 nitrogen and oxygen atoms in total. The maximum absolute atomic E-state index is 13.0. The fourth-order valence-electron chi connectivity index (χ4n) is 1.65. The predicted octanol–water partition coefficient (Wildman–Crippen LogP) is 3.77. The van der Waals surface area contributed by atoms with Crippen molar-refractivity contribution in [1.82, 2.24) is 0 Å². The molecular weight excluding hydrogens is 390 g/mol. The first-order valence-electron chi connectivity index (χ1n) is 5.82. The molecule has 0 atom stereocenters. The number of hydrogen-bond acceptors (Lipinski definition) is 2. The van der Waals surface area contributed by atoms with E-state index in [1.54, 1.807) is 6.07 Å². The molecule has 0 unspecified atom stereocenters. The van der Waals surface area contributed by atoms with Crippen molar-refractivity contribution in [3.63, 3.8) is 0 Å². The zero-order valence-electron chi connectivity index (χ0n) is 10.6. The minimum absolute atomic E-state index is 0.0173. The van der Waals surface area contributed by atoms with Gasteiger partial charge in [-0.25, -0.2) is 14.0 Å². The lowest BCUT2D eigenvalue weighted by Gasteiger charge is -2.10. The van der Waals surface area contributed by atoms with Crippen molar-refractivity contribution in [3.05, 3.63) is 57.4 Å². The summed E-state index contributed by atoms with van der Waals surface area (Å²) < 4.78 is 13.7. The van der Waals surface area contributed by atoms with E-state index in [4.69, 9.17) is 5.11 Å². The number of urea groups is 1. The van der Waals surface area contributed by atoms with Crippen LogP contribution in [0, 0.1) is 9.39 Å². The van der Waals surface area contributed by atoms with Gasteiger partial charge in [-0.3, -0.25) is 0 Å². The van der Waals surface area contributed by atoms with Gasteiger partial charge in [-0.05, 0) is 59.0 Å². The number of benzene rings is 2. The molecule has 0 bridgehead atoms. The van der Waals surface area contributed by atoms with Crippen molar-refractivity contribution >= 4 is 46.0 Å². The standard InChI is InChI=1S/C14H10FIN2O3/c15-8-2-1-3-10(6-8)17-14(21)18-12-5-4-9(16)7-11(12)13(19)20/h1-7H,(H,19,20)(H2,17,18,21). The van der Waals surface area contributed by atoms with Crippen LogP contribution in [-0.2, 0) is 0 Å². The van der Waals surface area contributed by atoms with Crippen LogP contribution in [0.3, 0.4) is 0 Å². The number of halogens is 2. The van der Waals surface area contributed by atoms with E-state index in [0.29, 0.717) is 0 Å². The highest BCUT2D eigenvalue weighted by Crippen LogP contribution is 2.19. The van der Waals surface area contributed by atoms with Crippen LogP contribution in [0.2, 0.25) is 0 Å². The fraction of sp³-hybridized carbons (Fsp3) is 0. The Balaban J connectivity index is 2.15. The summed E-state index contributed by atoms with van der Waals surface area (Å²) in [7, 11) is 0. The third-order valence-electron chi connectivity index (χ3n) is 2.54.